The van der Waals surface area contributed by atoms with Crippen LogP contribution in [-0.2, 0) is 4.74 Å². The van der Waals surface area contributed by atoms with Crippen LogP contribution >= 0.6 is 0 Å². The average Bonchev–Trinajstić information content (AvgIpc) is 3.28. The lowest BCUT2D eigenvalue weighted by molar-refractivity contribution is 0.119. The van der Waals surface area contributed by atoms with Gasteiger partial charge in [-0.25, -0.2) is 9.97 Å². The van der Waals surface area contributed by atoms with Crippen LogP contribution in [0.1, 0.15) is 18.6 Å². The molecule has 0 aliphatic carbocycles. The third-order valence-electron chi connectivity index (χ3n) is 6.25. The summed E-state index contributed by atoms with van der Waals surface area (Å²) in [6.45, 7) is 6.15. The average molecular weight is 444 g/mol. The van der Waals surface area contributed by atoms with Crippen molar-refractivity contribution in [2.24, 2.45) is 0 Å². The number of pyridine rings is 1. The van der Waals surface area contributed by atoms with Gasteiger partial charge in [-0.2, -0.15) is 4.98 Å². The smallest absolute Gasteiger partial charge is 0.229 e. The lowest BCUT2D eigenvalue weighted by Gasteiger charge is -2.33. The summed E-state index contributed by atoms with van der Waals surface area (Å²) in [6.07, 6.45) is 5.77. The van der Waals surface area contributed by atoms with Gasteiger partial charge in [-0.05, 0) is 49.9 Å². The molecule has 33 heavy (non-hydrogen) atoms. The molecule has 4 heterocycles. The van der Waals surface area contributed by atoms with Gasteiger partial charge in [-0.1, -0.05) is 12.1 Å². The zero-order chi connectivity index (χ0) is 22.8. The van der Waals surface area contributed by atoms with Crippen molar-refractivity contribution in [2.75, 3.05) is 50.6 Å². The summed E-state index contributed by atoms with van der Waals surface area (Å²) >= 11 is 0. The van der Waals surface area contributed by atoms with E-state index >= 15 is 0 Å². The first-order chi connectivity index (χ1) is 16.1. The first kappa shape index (κ1) is 21.4. The second kappa shape index (κ2) is 9.17. The minimum atomic E-state index is 0.0647. The second-order valence-corrected chi connectivity index (χ2v) is 8.45. The van der Waals surface area contributed by atoms with Gasteiger partial charge in [-0.3, -0.25) is 0 Å². The Morgan fingerprint density at radius 3 is 2.42 bits per heavy atom. The highest BCUT2D eigenvalue weighted by Crippen LogP contribution is 2.24. The van der Waals surface area contributed by atoms with Gasteiger partial charge in [0.2, 0.25) is 5.95 Å². The van der Waals surface area contributed by atoms with E-state index in [1.807, 2.05) is 37.6 Å². The van der Waals surface area contributed by atoms with E-state index in [1.54, 1.807) is 7.11 Å². The molecule has 0 spiro atoms. The molecule has 0 bridgehead atoms. The lowest BCUT2D eigenvalue weighted by Crippen LogP contribution is -2.44. The number of nitrogens with one attached hydrogen (secondary N) is 1. The van der Waals surface area contributed by atoms with Crippen LogP contribution in [0, 0.1) is 0 Å². The molecule has 1 atom stereocenters. The molecule has 1 aliphatic heterocycles. The third kappa shape index (κ3) is 4.53. The minimum absolute atomic E-state index is 0.0647. The van der Waals surface area contributed by atoms with Crippen molar-refractivity contribution in [3.05, 3.63) is 66.6 Å². The lowest BCUT2D eigenvalue weighted by atomic mass is 10.1. The predicted molar refractivity (Wildman–Crippen MR) is 132 cm³/mol. The fraction of sp³-hybridized carbons (Fsp3) is 0.320. The maximum Gasteiger partial charge on any atom is 0.229 e. The van der Waals surface area contributed by atoms with E-state index in [9.17, 15) is 0 Å². The Kier molecular flexibility index (Phi) is 5.93. The molecular weight excluding hydrogens is 414 g/mol. The molecule has 170 valence electrons. The molecule has 0 amide bonds. The number of rotatable bonds is 6. The van der Waals surface area contributed by atoms with Crippen LogP contribution in [0.3, 0.4) is 0 Å². The van der Waals surface area contributed by atoms with Crippen LogP contribution in [0.25, 0.3) is 16.7 Å². The summed E-state index contributed by atoms with van der Waals surface area (Å²) in [5, 5.41) is 4.28. The topological polar surface area (TPSA) is 71.3 Å². The van der Waals surface area contributed by atoms with Crippen molar-refractivity contribution in [3.63, 3.8) is 0 Å². The van der Waals surface area contributed by atoms with Gasteiger partial charge in [0.25, 0.3) is 0 Å². The van der Waals surface area contributed by atoms with Gasteiger partial charge < -0.3 is 24.4 Å². The van der Waals surface area contributed by atoms with Gasteiger partial charge in [-0.15, -0.1) is 0 Å². The number of benzene rings is 1. The zero-order valence-electron chi connectivity index (χ0n) is 19.3. The van der Waals surface area contributed by atoms with E-state index in [4.69, 9.17) is 9.72 Å². The minimum Gasteiger partial charge on any atom is -0.377 e. The molecule has 0 radical (unpaired) electrons. The second-order valence-electron chi connectivity index (χ2n) is 8.45. The van der Waals surface area contributed by atoms with Crippen LogP contribution in [0.5, 0.6) is 0 Å². The normalized spacial score (nSPS) is 15.7. The molecule has 4 aromatic rings. The number of fused-ring (bicyclic) bond motifs is 1. The Morgan fingerprint density at radius 1 is 0.939 bits per heavy atom. The van der Waals surface area contributed by atoms with E-state index in [1.165, 1.54) is 0 Å². The molecule has 1 aromatic carbocycles. The molecule has 5 rings (SSSR count). The number of hydrogen-bond donors (Lipinski definition) is 1. The number of nitrogens with zero attached hydrogens (tertiary/aromatic N) is 6. The van der Waals surface area contributed by atoms with Crippen LogP contribution in [0.4, 0.5) is 17.5 Å². The SMILES string of the molecule is COC(C)c1ccc(-n2ccc3cnc(Nc4ccc(N5CCN(C)CC5)nc4)nc32)cc1. The van der Waals surface area contributed by atoms with Crippen LogP contribution in [-0.4, -0.2) is 64.8 Å². The predicted octanol–water partition coefficient (Wildman–Crippen LogP) is 4.02. The summed E-state index contributed by atoms with van der Waals surface area (Å²) in [7, 11) is 3.88. The molecular formula is C25H29N7O. The van der Waals surface area contributed by atoms with Crippen molar-refractivity contribution < 1.29 is 4.74 Å². The van der Waals surface area contributed by atoms with E-state index in [0.717, 1.165) is 60.0 Å². The number of hydrogen-bond acceptors (Lipinski definition) is 7. The summed E-state index contributed by atoms with van der Waals surface area (Å²) < 4.78 is 7.48. The Labute approximate surface area is 193 Å². The first-order valence-electron chi connectivity index (χ1n) is 11.2. The highest BCUT2D eigenvalue weighted by Gasteiger charge is 2.15. The molecule has 1 fully saturated rings. The van der Waals surface area contributed by atoms with Gasteiger partial charge in [0.05, 0.1) is 18.0 Å². The zero-order valence-corrected chi connectivity index (χ0v) is 19.3. The number of piperazine rings is 1. The first-order valence-corrected chi connectivity index (χ1v) is 11.2. The van der Waals surface area contributed by atoms with E-state index < -0.39 is 0 Å². The van der Waals surface area contributed by atoms with Crippen molar-refractivity contribution in [1.82, 2.24) is 24.4 Å². The fourth-order valence-electron chi connectivity index (χ4n) is 4.04. The Balaban J connectivity index is 1.34. The van der Waals surface area contributed by atoms with Crippen molar-refractivity contribution >= 4 is 28.5 Å². The highest BCUT2D eigenvalue weighted by atomic mass is 16.5. The molecule has 1 unspecified atom stereocenters. The van der Waals surface area contributed by atoms with E-state index in [0.29, 0.717) is 5.95 Å². The van der Waals surface area contributed by atoms with Gasteiger partial charge in [0, 0.05) is 56.8 Å². The molecule has 8 nitrogen and oxygen atoms in total. The van der Waals surface area contributed by atoms with Gasteiger partial charge in [0.15, 0.2) is 0 Å². The van der Waals surface area contributed by atoms with Gasteiger partial charge >= 0.3 is 0 Å². The van der Waals surface area contributed by atoms with E-state index in [-0.39, 0.29) is 6.10 Å². The van der Waals surface area contributed by atoms with Crippen molar-refractivity contribution in [3.8, 4) is 5.69 Å². The van der Waals surface area contributed by atoms with Crippen LogP contribution < -0.4 is 10.2 Å². The maximum absolute atomic E-state index is 5.41. The fourth-order valence-corrected chi connectivity index (χ4v) is 4.04. The number of ether oxygens (including phenoxy) is 1. The number of aromatic nitrogens is 4. The molecule has 1 saturated heterocycles. The number of methoxy groups -OCH3 is 1. The largest absolute Gasteiger partial charge is 0.377 e. The van der Waals surface area contributed by atoms with Gasteiger partial charge in [0.1, 0.15) is 11.5 Å². The molecule has 3 aromatic heterocycles. The maximum atomic E-state index is 5.41. The molecule has 1 aliphatic rings. The van der Waals surface area contributed by atoms with Crippen molar-refractivity contribution in [2.45, 2.75) is 13.0 Å². The molecule has 1 N–H and O–H groups in total. The summed E-state index contributed by atoms with van der Waals surface area (Å²) in [5.74, 6) is 1.55. The molecule has 8 heteroatoms. The summed E-state index contributed by atoms with van der Waals surface area (Å²) in [6, 6.07) is 14.4. The standard InChI is InChI=1S/C25H29N7O/c1-18(33-3)19-4-7-22(8-5-19)32-11-10-20-16-27-25(29-24(20)32)28-21-6-9-23(26-17-21)31-14-12-30(2)13-15-31/h4-11,16-18H,12-15H2,1-3H3,(H,27,28,29). The molecule has 0 saturated carbocycles. The van der Waals surface area contributed by atoms with Crippen molar-refractivity contribution in [1.29, 1.82) is 0 Å². The Bertz CT molecular complexity index is 1210. The summed E-state index contributed by atoms with van der Waals surface area (Å²) in [5.41, 5.74) is 3.90. The number of likely N-dealkylation sites (N-methyl/N-ethyl adjacent to an activating group) is 1. The third-order valence-corrected chi connectivity index (χ3v) is 6.25. The van der Waals surface area contributed by atoms with E-state index in [2.05, 4.69) is 67.0 Å². The number of anilines is 3. The highest BCUT2D eigenvalue weighted by molar-refractivity contribution is 5.78. The Morgan fingerprint density at radius 2 is 1.73 bits per heavy atom. The monoisotopic (exact) mass is 443 g/mol. The summed E-state index contributed by atoms with van der Waals surface area (Å²) in [4.78, 5) is 18.6. The quantitative estimate of drug-likeness (QED) is 0.483. The Hall–Kier alpha value is -3.49. The van der Waals surface area contributed by atoms with Crippen LogP contribution in [0.15, 0.2) is 61.1 Å². The van der Waals surface area contributed by atoms with Crippen LogP contribution in [0.2, 0.25) is 0 Å².